The maximum Gasteiger partial charge on any atom is 0.0547 e. The first kappa shape index (κ1) is 12.9. The molecule has 0 amide bonds. The molecule has 1 saturated carbocycles. The monoisotopic (exact) mass is 250 g/mol. The highest BCUT2D eigenvalue weighted by Crippen LogP contribution is 2.42. The van der Waals surface area contributed by atoms with Crippen molar-refractivity contribution >= 4 is 12.6 Å². The van der Waals surface area contributed by atoms with Gasteiger partial charge in [0.1, 0.15) is 0 Å². The van der Waals surface area contributed by atoms with Crippen LogP contribution in [0.5, 0.6) is 0 Å². The van der Waals surface area contributed by atoms with Gasteiger partial charge in [0, 0.05) is 18.8 Å². The summed E-state index contributed by atoms with van der Waals surface area (Å²) in [6.07, 6.45) is 4.04. The maximum atomic E-state index is 4.55. The third kappa shape index (κ3) is 3.23. The van der Waals surface area contributed by atoms with Crippen LogP contribution in [0.2, 0.25) is 0 Å². The minimum Gasteiger partial charge on any atom is -0.300 e. The summed E-state index contributed by atoms with van der Waals surface area (Å²) >= 11 is 4.51. The Kier molecular flexibility index (Phi) is 4.10. The van der Waals surface area contributed by atoms with Crippen LogP contribution in [0.25, 0.3) is 0 Å². The van der Waals surface area contributed by atoms with Gasteiger partial charge >= 0.3 is 0 Å². The fraction of sp³-hybridized carbons (Fsp3) is 0.643. The van der Waals surface area contributed by atoms with Crippen LogP contribution >= 0.6 is 12.6 Å². The number of pyridine rings is 1. The number of rotatable bonds is 5. The quantitative estimate of drug-likeness (QED) is 0.809. The number of hydrogen-bond acceptors (Lipinski definition) is 3. The molecule has 1 aromatic heterocycles. The molecule has 0 bridgehead atoms. The van der Waals surface area contributed by atoms with Gasteiger partial charge in [0.25, 0.3) is 0 Å². The molecule has 0 saturated heterocycles. The molecular formula is C14H22N2S. The minimum atomic E-state index is 0.474. The smallest absolute Gasteiger partial charge is 0.0547 e. The number of aryl methyl sites for hydroxylation is 1. The fourth-order valence-corrected chi connectivity index (χ4v) is 3.05. The van der Waals surface area contributed by atoms with E-state index in [9.17, 15) is 0 Å². The van der Waals surface area contributed by atoms with Crippen LogP contribution < -0.4 is 0 Å². The predicted octanol–water partition coefficient (Wildman–Crippen LogP) is 2.92. The molecule has 94 valence electrons. The van der Waals surface area contributed by atoms with Crippen molar-refractivity contribution in [3.8, 4) is 0 Å². The molecule has 1 fully saturated rings. The molecule has 3 heteroatoms. The van der Waals surface area contributed by atoms with Crippen molar-refractivity contribution in [2.24, 2.45) is 5.41 Å². The summed E-state index contributed by atoms with van der Waals surface area (Å²) in [5, 5.41) is 0. The lowest BCUT2D eigenvalue weighted by molar-refractivity contribution is 0.101. The molecule has 0 aliphatic heterocycles. The molecule has 0 spiro atoms. The van der Waals surface area contributed by atoms with Crippen molar-refractivity contribution in [1.29, 1.82) is 0 Å². The number of thiol groups is 1. The third-order valence-corrected chi connectivity index (χ3v) is 4.40. The first-order chi connectivity index (χ1) is 8.13. The van der Waals surface area contributed by atoms with Crippen LogP contribution in [0.4, 0.5) is 0 Å². The van der Waals surface area contributed by atoms with Crippen molar-refractivity contribution < 1.29 is 0 Å². The molecule has 0 aromatic carbocycles. The van der Waals surface area contributed by atoms with E-state index in [4.69, 9.17) is 0 Å². The van der Waals surface area contributed by atoms with Gasteiger partial charge in [0.15, 0.2) is 0 Å². The van der Waals surface area contributed by atoms with Gasteiger partial charge in [0.05, 0.1) is 5.69 Å². The molecule has 2 nitrogen and oxygen atoms in total. The van der Waals surface area contributed by atoms with E-state index >= 15 is 0 Å². The van der Waals surface area contributed by atoms with Crippen molar-refractivity contribution in [2.45, 2.75) is 32.7 Å². The van der Waals surface area contributed by atoms with E-state index < -0.39 is 0 Å². The average Bonchev–Trinajstić information content (AvgIpc) is 2.23. The number of aromatic nitrogens is 1. The number of hydrogen-bond donors (Lipinski definition) is 1. The van der Waals surface area contributed by atoms with E-state index in [1.807, 2.05) is 13.0 Å². The van der Waals surface area contributed by atoms with E-state index in [1.54, 1.807) is 0 Å². The zero-order chi connectivity index (χ0) is 12.3. The second-order valence-electron chi connectivity index (χ2n) is 5.45. The lowest BCUT2D eigenvalue weighted by Gasteiger charge is -2.43. The van der Waals surface area contributed by atoms with Gasteiger partial charge in [-0.2, -0.15) is 12.6 Å². The highest BCUT2D eigenvalue weighted by molar-refractivity contribution is 7.80. The Hall–Kier alpha value is -0.540. The summed E-state index contributed by atoms with van der Waals surface area (Å²) in [6, 6.07) is 6.24. The van der Waals surface area contributed by atoms with Gasteiger partial charge in [0.2, 0.25) is 0 Å². The Bertz CT molecular complexity index is 369. The lowest BCUT2D eigenvalue weighted by Crippen LogP contribution is -2.42. The largest absolute Gasteiger partial charge is 0.300 e. The van der Waals surface area contributed by atoms with Gasteiger partial charge in [-0.3, -0.25) is 9.88 Å². The second kappa shape index (κ2) is 5.40. The van der Waals surface area contributed by atoms with E-state index in [0.29, 0.717) is 5.41 Å². The van der Waals surface area contributed by atoms with Gasteiger partial charge in [-0.25, -0.2) is 0 Å². The Morgan fingerprint density at radius 3 is 2.71 bits per heavy atom. The summed E-state index contributed by atoms with van der Waals surface area (Å²) in [7, 11) is 2.19. The van der Waals surface area contributed by atoms with Gasteiger partial charge in [-0.1, -0.05) is 12.5 Å². The first-order valence-corrected chi connectivity index (χ1v) is 6.99. The molecular weight excluding hydrogens is 228 g/mol. The summed E-state index contributed by atoms with van der Waals surface area (Å²) in [4.78, 5) is 6.94. The fourth-order valence-electron chi connectivity index (χ4n) is 2.64. The lowest BCUT2D eigenvalue weighted by atomic mass is 9.70. The molecule has 1 heterocycles. The predicted molar refractivity (Wildman–Crippen MR) is 75.4 cm³/mol. The molecule has 0 radical (unpaired) electrons. The molecule has 1 aliphatic rings. The summed E-state index contributed by atoms with van der Waals surface area (Å²) in [5.41, 5.74) is 2.74. The van der Waals surface area contributed by atoms with Crippen LogP contribution in [-0.2, 0) is 6.54 Å². The Morgan fingerprint density at radius 1 is 1.41 bits per heavy atom. The first-order valence-electron chi connectivity index (χ1n) is 6.35. The van der Waals surface area contributed by atoms with Crippen LogP contribution in [0, 0.1) is 12.3 Å². The Balaban J connectivity index is 1.90. The normalized spacial score (nSPS) is 18.1. The van der Waals surface area contributed by atoms with Crippen LogP contribution in [0.15, 0.2) is 18.2 Å². The van der Waals surface area contributed by atoms with Gasteiger partial charge in [-0.05, 0) is 50.1 Å². The SMILES string of the molecule is Cc1cccc(CN(C)CC2(CS)CCC2)n1. The Labute approximate surface area is 110 Å². The van der Waals surface area contributed by atoms with E-state index in [-0.39, 0.29) is 0 Å². The van der Waals surface area contributed by atoms with E-state index in [1.165, 1.54) is 25.0 Å². The molecule has 1 aliphatic carbocycles. The summed E-state index contributed by atoms with van der Waals surface area (Å²) in [5.74, 6) is 1.01. The highest BCUT2D eigenvalue weighted by Gasteiger charge is 2.36. The number of nitrogens with zero attached hydrogens (tertiary/aromatic N) is 2. The second-order valence-corrected chi connectivity index (χ2v) is 5.77. The molecule has 0 N–H and O–H groups in total. The molecule has 1 aromatic rings. The molecule has 0 atom stereocenters. The van der Waals surface area contributed by atoms with E-state index in [2.05, 4.69) is 41.7 Å². The third-order valence-electron chi connectivity index (χ3n) is 3.73. The molecule has 2 rings (SSSR count). The maximum absolute atomic E-state index is 4.55. The minimum absolute atomic E-state index is 0.474. The average molecular weight is 250 g/mol. The molecule has 17 heavy (non-hydrogen) atoms. The standard InChI is InChI=1S/C14H22N2S/c1-12-5-3-6-13(15-12)9-16(2)10-14(11-17)7-4-8-14/h3,5-6,17H,4,7-11H2,1-2H3. The van der Waals surface area contributed by atoms with Gasteiger partial charge < -0.3 is 0 Å². The Morgan fingerprint density at radius 2 is 2.18 bits per heavy atom. The zero-order valence-corrected chi connectivity index (χ0v) is 11.7. The molecule has 0 unspecified atom stereocenters. The van der Waals surface area contributed by atoms with Crippen molar-refractivity contribution in [1.82, 2.24) is 9.88 Å². The highest BCUT2D eigenvalue weighted by atomic mass is 32.1. The van der Waals surface area contributed by atoms with Crippen molar-refractivity contribution in [3.05, 3.63) is 29.6 Å². The summed E-state index contributed by atoms with van der Waals surface area (Å²) < 4.78 is 0. The van der Waals surface area contributed by atoms with Crippen LogP contribution in [-0.4, -0.2) is 29.2 Å². The van der Waals surface area contributed by atoms with Crippen LogP contribution in [0.1, 0.15) is 30.7 Å². The van der Waals surface area contributed by atoms with Crippen LogP contribution in [0.3, 0.4) is 0 Å². The van der Waals surface area contributed by atoms with Crippen molar-refractivity contribution in [2.75, 3.05) is 19.3 Å². The van der Waals surface area contributed by atoms with E-state index in [0.717, 1.165) is 24.5 Å². The van der Waals surface area contributed by atoms with Crippen molar-refractivity contribution in [3.63, 3.8) is 0 Å². The zero-order valence-electron chi connectivity index (χ0n) is 10.8. The summed E-state index contributed by atoms with van der Waals surface area (Å²) in [6.45, 7) is 4.13. The topological polar surface area (TPSA) is 16.1 Å². The van der Waals surface area contributed by atoms with Gasteiger partial charge in [-0.15, -0.1) is 0 Å².